The fraction of sp³-hybridized carbons (Fsp3) is 0.818. The maximum Gasteiger partial charge on any atom is 0.246 e. The minimum absolute atomic E-state index is 0.180. The predicted octanol–water partition coefficient (Wildman–Crippen LogP) is -1.89. The highest BCUT2D eigenvalue weighted by Crippen LogP contribution is 2.26. The molecule has 0 aromatic carbocycles. The van der Waals surface area contributed by atoms with Crippen LogP contribution in [0.1, 0.15) is 39.5 Å². The van der Waals surface area contributed by atoms with Crippen LogP contribution in [0.25, 0.3) is 0 Å². The van der Waals surface area contributed by atoms with Crippen molar-refractivity contribution in [1.82, 2.24) is 15.1 Å². The molecular formula is C22H37N5O7. The number of amides is 4. The molecule has 0 radical (unpaired) electrons. The highest BCUT2D eigenvalue weighted by atomic mass is 16.5. The SMILES string of the molecule is CC1OCCOCCOC(C)C(C(N)=O)NC(=O)C2CCCN2C(=O)[C@@H]2CCCN2C(=O)C1N. The van der Waals surface area contributed by atoms with E-state index in [0.29, 0.717) is 38.8 Å². The number of primary amides is 1. The zero-order valence-corrected chi connectivity index (χ0v) is 19.9. The molecule has 0 aromatic heterocycles. The first-order valence-electron chi connectivity index (χ1n) is 12.0. The lowest BCUT2D eigenvalue weighted by Gasteiger charge is -2.33. The van der Waals surface area contributed by atoms with Crippen molar-refractivity contribution in [3.8, 4) is 0 Å². The summed E-state index contributed by atoms with van der Waals surface area (Å²) in [5.41, 5.74) is 11.7. The van der Waals surface area contributed by atoms with Crippen molar-refractivity contribution in [3.63, 3.8) is 0 Å². The molecule has 192 valence electrons. The average molecular weight is 484 g/mol. The van der Waals surface area contributed by atoms with Crippen LogP contribution < -0.4 is 16.8 Å². The van der Waals surface area contributed by atoms with Crippen molar-refractivity contribution in [2.75, 3.05) is 39.5 Å². The van der Waals surface area contributed by atoms with E-state index in [1.54, 1.807) is 13.8 Å². The van der Waals surface area contributed by atoms with Gasteiger partial charge in [-0.1, -0.05) is 0 Å². The number of nitrogens with zero attached hydrogens (tertiary/aromatic N) is 2. The molecule has 5 N–H and O–H groups in total. The van der Waals surface area contributed by atoms with Crippen molar-refractivity contribution in [2.24, 2.45) is 11.5 Å². The Balaban J connectivity index is 1.81. The van der Waals surface area contributed by atoms with Crippen LogP contribution in [0.3, 0.4) is 0 Å². The van der Waals surface area contributed by atoms with E-state index in [4.69, 9.17) is 25.7 Å². The molecule has 3 saturated heterocycles. The summed E-state index contributed by atoms with van der Waals surface area (Å²) in [5.74, 6) is -1.82. The largest absolute Gasteiger partial charge is 0.377 e. The van der Waals surface area contributed by atoms with Crippen LogP contribution in [0.15, 0.2) is 0 Å². The number of nitrogens with one attached hydrogen (secondary N) is 1. The van der Waals surface area contributed by atoms with Gasteiger partial charge in [0.1, 0.15) is 24.2 Å². The number of hydrogen-bond donors (Lipinski definition) is 3. The lowest BCUT2D eigenvalue weighted by Crippen LogP contribution is -2.59. The summed E-state index contributed by atoms with van der Waals surface area (Å²) in [7, 11) is 0. The topological polar surface area (TPSA) is 167 Å². The van der Waals surface area contributed by atoms with Gasteiger partial charge in [-0.25, -0.2) is 0 Å². The van der Waals surface area contributed by atoms with Crippen LogP contribution >= 0.6 is 0 Å². The molecule has 3 aliphatic rings. The van der Waals surface area contributed by atoms with Crippen LogP contribution in [0, 0.1) is 0 Å². The summed E-state index contributed by atoms with van der Waals surface area (Å²) in [6.07, 6.45) is 1.01. The number of nitrogens with two attached hydrogens (primary N) is 2. The molecule has 0 bridgehead atoms. The van der Waals surface area contributed by atoms with Crippen molar-refractivity contribution in [1.29, 1.82) is 0 Å². The van der Waals surface area contributed by atoms with Crippen LogP contribution in [-0.4, -0.2) is 109 Å². The second-order valence-corrected chi connectivity index (χ2v) is 9.06. The van der Waals surface area contributed by atoms with E-state index < -0.39 is 48.2 Å². The first-order chi connectivity index (χ1) is 16.2. The number of carbonyl (C=O) groups excluding carboxylic acids is 4. The minimum atomic E-state index is -1.06. The lowest BCUT2D eigenvalue weighted by atomic mass is 10.1. The van der Waals surface area contributed by atoms with E-state index >= 15 is 0 Å². The molecule has 3 rings (SSSR count). The molecular weight excluding hydrogens is 446 g/mol. The summed E-state index contributed by atoms with van der Waals surface area (Å²) in [5, 5.41) is 2.66. The quantitative estimate of drug-likeness (QED) is 0.389. The average Bonchev–Trinajstić information content (AvgIpc) is 3.49. The van der Waals surface area contributed by atoms with Gasteiger partial charge < -0.3 is 40.8 Å². The number of hydrogen-bond acceptors (Lipinski definition) is 8. The second kappa shape index (κ2) is 11.9. The van der Waals surface area contributed by atoms with Gasteiger partial charge in [-0.15, -0.1) is 0 Å². The third-order valence-corrected chi connectivity index (χ3v) is 6.74. The van der Waals surface area contributed by atoms with Gasteiger partial charge in [0, 0.05) is 13.1 Å². The van der Waals surface area contributed by atoms with Gasteiger partial charge in [-0.3, -0.25) is 19.2 Å². The highest BCUT2D eigenvalue weighted by molar-refractivity contribution is 5.95. The van der Waals surface area contributed by atoms with Crippen molar-refractivity contribution in [2.45, 2.75) is 75.9 Å². The van der Waals surface area contributed by atoms with Gasteiger partial charge in [0.05, 0.1) is 38.6 Å². The summed E-state index contributed by atoms with van der Waals surface area (Å²) < 4.78 is 16.8. The number of fused-ring (bicyclic) bond motifs is 2. The highest BCUT2D eigenvalue weighted by Gasteiger charge is 2.44. The van der Waals surface area contributed by atoms with Crippen LogP contribution in [-0.2, 0) is 33.4 Å². The summed E-state index contributed by atoms with van der Waals surface area (Å²) in [6.45, 7) is 5.09. The maximum atomic E-state index is 13.5. The molecule has 3 fully saturated rings. The van der Waals surface area contributed by atoms with Gasteiger partial charge in [-0.2, -0.15) is 0 Å². The van der Waals surface area contributed by atoms with Crippen LogP contribution in [0.4, 0.5) is 0 Å². The molecule has 0 saturated carbocycles. The fourth-order valence-electron chi connectivity index (χ4n) is 4.73. The zero-order chi connectivity index (χ0) is 24.8. The first kappa shape index (κ1) is 26.3. The van der Waals surface area contributed by atoms with Gasteiger partial charge in [-0.05, 0) is 39.5 Å². The number of rotatable bonds is 1. The molecule has 3 aliphatic heterocycles. The molecule has 0 spiro atoms. The van der Waals surface area contributed by atoms with E-state index in [0.717, 1.165) is 0 Å². The smallest absolute Gasteiger partial charge is 0.246 e. The lowest BCUT2D eigenvalue weighted by molar-refractivity contribution is -0.148. The molecule has 4 amide bonds. The van der Waals surface area contributed by atoms with Gasteiger partial charge >= 0.3 is 0 Å². The Hall–Kier alpha value is -2.28. The maximum absolute atomic E-state index is 13.5. The normalized spacial score (nSPS) is 35.1. The van der Waals surface area contributed by atoms with E-state index in [9.17, 15) is 19.2 Å². The Bertz CT molecular complexity index is 766. The molecule has 12 heteroatoms. The monoisotopic (exact) mass is 483 g/mol. The third kappa shape index (κ3) is 6.04. The minimum Gasteiger partial charge on any atom is -0.377 e. The molecule has 34 heavy (non-hydrogen) atoms. The Kier molecular flexibility index (Phi) is 9.23. The number of ether oxygens (including phenoxy) is 3. The van der Waals surface area contributed by atoms with Crippen molar-refractivity contribution < 1.29 is 33.4 Å². The van der Waals surface area contributed by atoms with Crippen LogP contribution in [0.2, 0.25) is 0 Å². The zero-order valence-electron chi connectivity index (χ0n) is 19.9. The molecule has 6 atom stereocenters. The van der Waals surface area contributed by atoms with Crippen LogP contribution in [0.5, 0.6) is 0 Å². The van der Waals surface area contributed by atoms with E-state index in [2.05, 4.69) is 5.32 Å². The Morgan fingerprint density at radius 3 is 2.06 bits per heavy atom. The summed E-state index contributed by atoms with van der Waals surface area (Å²) in [6, 6.07) is -3.41. The molecule has 3 heterocycles. The predicted molar refractivity (Wildman–Crippen MR) is 120 cm³/mol. The third-order valence-electron chi connectivity index (χ3n) is 6.74. The Labute approximate surface area is 199 Å². The Morgan fingerprint density at radius 1 is 0.882 bits per heavy atom. The molecule has 5 unspecified atom stereocenters. The van der Waals surface area contributed by atoms with E-state index in [1.165, 1.54) is 9.80 Å². The fourth-order valence-corrected chi connectivity index (χ4v) is 4.73. The van der Waals surface area contributed by atoms with Gasteiger partial charge in [0.15, 0.2) is 0 Å². The molecule has 0 aromatic rings. The van der Waals surface area contributed by atoms with E-state index in [1.807, 2.05) is 0 Å². The van der Waals surface area contributed by atoms with Crippen molar-refractivity contribution >= 4 is 23.6 Å². The van der Waals surface area contributed by atoms with Gasteiger partial charge in [0.25, 0.3) is 0 Å². The number of carbonyl (C=O) groups is 4. The second-order valence-electron chi connectivity index (χ2n) is 9.06. The summed E-state index contributed by atoms with van der Waals surface area (Å²) in [4.78, 5) is 54.7. The molecule has 12 nitrogen and oxygen atoms in total. The summed E-state index contributed by atoms with van der Waals surface area (Å²) >= 11 is 0. The van der Waals surface area contributed by atoms with E-state index in [-0.39, 0.29) is 38.2 Å². The van der Waals surface area contributed by atoms with Crippen molar-refractivity contribution in [3.05, 3.63) is 0 Å². The van der Waals surface area contributed by atoms with Gasteiger partial charge in [0.2, 0.25) is 23.6 Å². The standard InChI is InChI=1S/C22H37N5O7/c1-13-17(23)22(31)27-8-4-6-16(27)21(30)26-7-3-5-15(26)20(29)25-18(19(24)28)14(2)34-12-10-32-9-11-33-13/h13-18H,3-12,23H2,1-2H3,(H2,24,28)(H,25,29)/t13?,14?,15?,16-,17?,18?/m0/s1. The first-order valence-corrected chi connectivity index (χ1v) is 12.0. The Morgan fingerprint density at radius 2 is 1.44 bits per heavy atom. The molecule has 0 aliphatic carbocycles.